The summed E-state index contributed by atoms with van der Waals surface area (Å²) in [7, 11) is -3.38. The van der Waals surface area contributed by atoms with E-state index in [2.05, 4.69) is 0 Å². The van der Waals surface area contributed by atoms with Gasteiger partial charge >= 0.3 is 5.97 Å². The second kappa shape index (κ2) is 6.62. The average Bonchev–Trinajstić information content (AvgIpc) is 2.44. The maximum Gasteiger partial charge on any atom is 0.331 e. The van der Waals surface area contributed by atoms with Crippen molar-refractivity contribution in [2.45, 2.75) is 26.1 Å². The zero-order chi connectivity index (χ0) is 15.5. The van der Waals surface area contributed by atoms with Crippen molar-refractivity contribution in [1.82, 2.24) is 4.90 Å². The summed E-state index contributed by atoms with van der Waals surface area (Å²) in [5.74, 6) is -0.727. The largest absolute Gasteiger partial charge is 0.478 e. The second-order valence-corrected chi connectivity index (χ2v) is 8.13. The van der Waals surface area contributed by atoms with Crippen LogP contribution >= 0.6 is 11.8 Å². The van der Waals surface area contributed by atoms with Gasteiger partial charge in [-0.15, -0.1) is 0 Å². The van der Waals surface area contributed by atoms with Crippen molar-refractivity contribution in [3.8, 4) is 0 Å². The van der Waals surface area contributed by atoms with Crippen molar-refractivity contribution in [1.29, 1.82) is 0 Å². The molecule has 0 aromatic rings. The fourth-order valence-corrected chi connectivity index (χ4v) is 4.81. The molecule has 1 aliphatic rings. The van der Waals surface area contributed by atoms with Gasteiger partial charge in [-0.25, -0.2) is 13.2 Å². The summed E-state index contributed by atoms with van der Waals surface area (Å²) >= 11 is 1.49. The molecule has 1 saturated heterocycles. The number of thioether (sulfide) groups is 1. The molecule has 0 bridgehead atoms. The van der Waals surface area contributed by atoms with E-state index in [0.29, 0.717) is 18.1 Å². The number of amides is 1. The first-order chi connectivity index (χ1) is 9.22. The van der Waals surface area contributed by atoms with Gasteiger partial charge in [0, 0.05) is 34.9 Å². The zero-order valence-electron chi connectivity index (χ0n) is 11.7. The predicted octanol–water partition coefficient (Wildman–Crippen LogP) is 0.744. The van der Waals surface area contributed by atoms with Crippen LogP contribution < -0.4 is 0 Å². The molecule has 20 heavy (non-hydrogen) atoms. The van der Waals surface area contributed by atoms with Gasteiger partial charge in [0.05, 0.1) is 0 Å². The van der Waals surface area contributed by atoms with Crippen LogP contribution in [0.1, 0.15) is 20.8 Å². The van der Waals surface area contributed by atoms with Crippen molar-refractivity contribution >= 4 is 33.5 Å². The number of aliphatic carboxylic acids is 1. The molecule has 1 rings (SSSR count). The lowest BCUT2D eigenvalue weighted by molar-refractivity contribution is -0.134. The highest BCUT2D eigenvalue weighted by molar-refractivity contribution is 8.01. The van der Waals surface area contributed by atoms with Crippen LogP contribution in [-0.4, -0.2) is 59.5 Å². The molecule has 1 aliphatic heterocycles. The van der Waals surface area contributed by atoms with Crippen molar-refractivity contribution < 1.29 is 23.1 Å². The average molecular weight is 321 g/mol. The number of carbonyl (C=O) groups is 2. The van der Waals surface area contributed by atoms with Gasteiger partial charge in [-0.2, -0.15) is 11.8 Å². The molecule has 1 unspecified atom stereocenters. The Labute approximate surface area is 123 Å². The van der Waals surface area contributed by atoms with E-state index in [-0.39, 0.29) is 16.9 Å². The minimum atomic E-state index is -3.38. The number of hydrogen-bond acceptors (Lipinski definition) is 5. The highest BCUT2D eigenvalue weighted by Crippen LogP contribution is 2.23. The monoisotopic (exact) mass is 321 g/mol. The van der Waals surface area contributed by atoms with Gasteiger partial charge < -0.3 is 10.0 Å². The number of sulfone groups is 1. The SMILES string of the molecule is CCS(=O)(=O)C1CSCCN1C(=O)C(C)=C(C)C(=O)O. The third-order valence-corrected chi connectivity index (χ3v) is 6.66. The van der Waals surface area contributed by atoms with Crippen molar-refractivity contribution in [3.63, 3.8) is 0 Å². The standard InChI is InChI=1S/C12H19NO5S2/c1-4-20(17,18)10-7-19-6-5-13(10)11(14)8(2)9(3)12(15)16/h10H,4-7H2,1-3H3,(H,15,16). The number of hydrogen-bond donors (Lipinski definition) is 1. The Kier molecular flexibility index (Phi) is 5.64. The van der Waals surface area contributed by atoms with Gasteiger partial charge in [0.25, 0.3) is 5.91 Å². The van der Waals surface area contributed by atoms with Crippen molar-refractivity contribution in [2.24, 2.45) is 0 Å². The van der Waals surface area contributed by atoms with Crippen LogP contribution in [0.2, 0.25) is 0 Å². The van der Waals surface area contributed by atoms with Crippen LogP contribution in [0.5, 0.6) is 0 Å². The smallest absolute Gasteiger partial charge is 0.331 e. The summed E-state index contributed by atoms with van der Waals surface area (Å²) in [6.07, 6.45) is 0. The summed E-state index contributed by atoms with van der Waals surface area (Å²) in [4.78, 5) is 24.5. The van der Waals surface area contributed by atoms with Gasteiger partial charge in [-0.05, 0) is 13.8 Å². The summed E-state index contributed by atoms with van der Waals surface area (Å²) in [6, 6.07) is 0. The Balaban J connectivity index is 3.12. The van der Waals surface area contributed by atoms with E-state index in [4.69, 9.17) is 5.11 Å². The molecule has 1 amide bonds. The predicted molar refractivity (Wildman–Crippen MR) is 78.3 cm³/mol. The van der Waals surface area contributed by atoms with E-state index < -0.39 is 27.1 Å². The molecule has 8 heteroatoms. The number of nitrogens with zero attached hydrogens (tertiary/aromatic N) is 1. The summed E-state index contributed by atoms with van der Waals surface area (Å²) in [5, 5.41) is 8.06. The van der Waals surface area contributed by atoms with E-state index in [1.165, 1.54) is 30.5 Å². The lowest BCUT2D eigenvalue weighted by Gasteiger charge is -2.35. The van der Waals surface area contributed by atoms with Crippen molar-refractivity contribution in [2.75, 3.05) is 23.8 Å². The molecule has 0 aromatic carbocycles. The first-order valence-electron chi connectivity index (χ1n) is 6.23. The number of carbonyl (C=O) groups excluding carboxylic acids is 1. The fraction of sp³-hybridized carbons (Fsp3) is 0.667. The van der Waals surface area contributed by atoms with Crippen molar-refractivity contribution in [3.05, 3.63) is 11.1 Å². The quantitative estimate of drug-likeness (QED) is 0.768. The van der Waals surface area contributed by atoms with Gasteiger partial charge in [-0.3, -0.25) is 4.79 Å². The zero-order valence-corrected chi connectivity index (χ0v) is 13.4. The highest BCUT2D eigenvalue weighted by atomic mass is 32.2. The van der Waals surface area contributed by atoms with Crippen LogP contribution in [0.15, 0.2) is 11.1 Å². The maximum absolute atomic E-state index is 12.3. The molecule has 0 aromatic heterocycles. The maximum atomic E-state index is 12.3. The Morgan fingerprint density at radius 3 is 2.40 bits per heavy atom. The van der Waals surface area contributed by atoms with Gasteiger partial charge in [0.1, 0.15) is 5.37 Å². The Bertz CT molecular complexity index is 538. The fourth-order valence-electron chi connectivity index (χ4n) is 1.84. The van der Waals surface area contributed by atoms with E-state index in [0.717, 1.165) is 0 Å². The van der Waals surface area contributed by atoms with Crippen LogP contribution in [0.4, 0.5) is 0 Å². The van der Waals surface area contributed by atoms with Crippen LogP contribution in [0.3, 0.4) is 0 Å². The first-order valence-corrected chi connectivity index (χ1v) is 9.10. The third-order valence-electron chi connectivity index (χ3n) is 3.37. The van der Waals surface area contributed by atoms with Gasteiger partial charge in [-0.1, -0.05) is 6.92 Å². The molecular formula is C12H19NO5S2. The van der Waals surface area contributed by atoms with Crippen LogP contribution in [0.25, 0.3) is 0 Å². The molecule has 6 nitrogen and oxygen atoms in total. The summed E-state index contributed by atoms with van der Waals surface area (Å²) < 4.78 is 24.1. The lowest BCUT2D eigenvalue weighted by atomic mass is 10.1. The number of rotatable bonds is 4. The van der Waals surface area contributed by atoms with Gasteiger partial charge in [0.15, 0.2) is 9.84 Å². The van der Waals surface area contributed by atoms with Crippen LogP contribution in [-0.2, 0) is 19.4 Å². The highest BCUT2D eigenvalue weighted by Gasteiger charge is 2.36. The Hall–Kier alpha value is -1.02. The molecule has 1 atom stereocenters. The van der Waals surface area contributed by atoms with Crippen LogP contribution in [0, 0.1) is 0 Å². The third kappa shape index (κ3) is 3.54. The van der Waals surface area contributed by atoms with Gasteiger partial charge in [0.2, 0.25) is 0 Å². The van der Waals surface area contributed by atoms with E-state index in [9.17, 15) is 18.0 Å². The van der Waals surface area contributed by atoms with E-state index in [1.807, 2.05) is 0 Å². The second-order valence-electron chi connectivity index (χ2n) is 4.53. The van der Waals surface area contributed by atoms with E-state index >= 15 is 0 Å². The minimum absolute atomic E-state index is 0.0390. The molecule has 0 aliphatic carbocycles. The molecule has 1 fully saturated rings. The Morgan fingerprint density at radius 2 is 1.90 bits per heavy atom. The minimum Gasteiger partial charge on any atom is -0.478 e. The molecule has 1 heterocycles. The van der Waals surface area contributed by atoms with E-state index in [1.54, 1.807) is 6.92 Å². The molecule has 0 radical (unpaired) electrons. The number of carboxylic acids is 1. The normalized spacial score (nSPS) is 21.4. The summed E-state index contributed by atoms with van der Waals surface area (Å²) in [5.41, 5.74) is 0.0292. The first kappa shape index (κ1) is 17.0. The molecule has 0 spiro atoms. The number of carboxylic acid groups (broad SMARTS) is 1. The molecule has 1 N–H and O–H groups in total. The molecular weight excluding hydrogens is 302 g/mol. The topological polar surface area (TPSA) is 91.8 Å². The molecule has 0 saturated carbocycles. The summed E-state index contributed by atoms with van der Waals surface area (Å²) in [6.45, 7) is 4.63. The Morgan fingerprint density at radius 1 is 1.30 bits per heavy atom. The lowest BCUT2D eigenvalue weighted by Crippen LogP contribution is -2.51. The molecule has 114 valence electrons.